The molecule has 3 atom stereocenters. The van der Waals surface area contributed by atoms with Crippen LogP contribution in [-0.4, -0.2) is 52.9 Å². The molecule has 0 saturated heterocycles. The second-order valence-electron chi connectivity index (χ2n) is 6.45. The smallest absolute Gasteiger partial charge is 0.324 e. The molecule has 152 valence electrons. The third kappa shape index (κ3) is 11.7. The van der Waals surface area contributed by atoms with Crippen molar-refractivity contribution in [3.8, 4) is 0 Å². The third-order valence-electron chi connectivity index (χ3n) is 3.37. The number of ether oxygens (including phenoxy) is 1. The van der Waals surface area contributed by atoms with Gasteiger partial charge in [0.05, 0.1) is 0 Å². The van der Waals surface area contributed by atoms with Crippen LogP contribution in [0.2, 0.25) is 0 Å². The molecule has 0 spiro atoms. The minimum atomic E-state index is -1.22. The van der Waals surface area contributed by atoms with Gasteiger partial charge in [-0.1, -0.05) is 44.2 Å². The molecule has 0 aliphatic carbocycles. The van der Waals surface area contributed by atoms with Crippen molar-refractivity contribution in [3.05, 3.63) is 35.9 Å². The number of carbonyl (C=O) groups is 3. The standard InChI is InChI=1S/C12H16N2O4.C6H13NO2/c13-9(6-8-4-2-1-3-5-8)12(17)18-7-10(14)11(15)16;1-4(2)3-5(7)6(8)9/h1-5,9-10H,6-7,13-14H2,(H,15,16);4-5H,3,7H2,1-2H3,(H,8,9)/t9-,10-;5-/m00/s1. The Hall–Kier alpha value is -2.49. The maximum atomic E-state index is 11.5. The number of benzene rings is 1. The van der Waals surface area contributed by atoms with Crippen molar-refractivity contribution >= 4 is 17.9 Å². The number of carboxylic acid groups (broad SMARTS) is 2. The van der Waals surface area contributed by atoms with Gasteiger partial charge in [-0.15, -0.1) is 0 Å². The first-order chi connectivity index (χ1) is 12.5. The van der Waals surface area contributed by atoms with Gasteiger partial charge < -0.3 is 32.2 Å². The molecule has 1 aromatic carbocycles. The quantitative estimate of drug-likeness (QED) is 0.366. The van der Waals surface area contributed by atoms with Gasteiger partial charge >= 0.3 is 17.9 Å². The van der Waals surface area contributed by atoms with E-state index in [-0.39, 0.29) is 6.61 Å². The summed E-state index contributed by atoms with van der Waals surface area (Å²) in [6.07, 6.45) is 0.886. The van der Waals surface area contributed by atoms with E-state index in [9.17, 15) is 14.4 Å². The maximum absolute atomic E-state index is 11.5. The summed E-state index contributed by atoms with van der Waals surface area (Å²) < 4.78 is 4.73. The lowest BCUT2D eigenvalue weighted by atomic mass is 10.1. The van der Waals surface area contributed by atoms with Crippen LogP contribution < -0.4 is 17.2 Å². The topological polar surface area (TPSA) is 179 Å². The lowest BCUT2D eigenvalue weighted by Crippen LogP contribution is -2.40. The third-order valence-corrected chi connectivity index (χ3v) is 3.37. The average Bonchev–Trinajstić information content (AvgIpc) is 2.59. The first kappa shape index (κ1) is 24.5. The molecular weight excluding hydrogens is 354 g/mol. The normalized spacial score (nSPS) is 13.7. The molecule has 0 bridgehead atoms. The SMILES string of the molecule is CC(C)C[C@H](N)C(=O)O.N[C@@H](COC(=O)[C@@H](N)Cc1ccccc1)C(=O)O. The van der Waals surface area contributed by atoms with Crippen LogP contribution in [0, 0.1) is 5.92 Å². The Labute approximate surface area is 158 Å². The van der Waals surface area contributed by atoms with Crippen LogP contribution >= 0.6 is 0 Å². The highest BCUT2D eigenvalue weighted by Gasteiger charge is 2.19. The van der Waals surface area contributed by atoms with Crippen molar-refractivity contribution in [2.75, 3.05) is 6.61 Å². The van der Waals surface area contributed by atoms with Gasteiger partial charge in [0.1, 0.15) is 24.7 Å². The lowest BCUT2D eigenvalue weighted by Gasteiger charge is -2.13. The van der Waals surface area contributed by atoms with Crippen molar-refractivity contribution in [3.63, 3.8) is 0 Å². The molecule has 0 radical (unpaired) electrons. The van der Waals surface area contributed by atoms with Gasteiger partial charge in [0.25, 0.3) is 0 Å². The monoisotopic (exact) mass is 383 g/mol. The van der Waals surface area contributed by atoms with E-state index in [0.717, 1.165) is 5.56 Å². The fourth-order valence-corrected chi connectivity index (χ4v) is 1.91. The summed E-state index contributed by atoms with van der Waals surface area (Å²) in [5, 5.41) is 16.8. The molecule has 0 heterocycles. The Bertz CT molecular complexity index is 594. The van der Waals surface area contributed by atoms with Crippen molar-refractivity contribution in [2.45, 2.75) is 44.8 Å². The highest BCUT2D eigenvalue weighted by Crippen LogP contribution is 2.03. The molecule has 0 unspecified atom stereocenters. The zero-order valence-corrected chi connectivity index (χ0v) is 15.6. The lowest BCUT2D eigenvalue weighted by molar-refractivity contribution is -0.149. The van der Waals surface area contributed by atoms with Crippen molar-refractivity contribution < 1.29 is 29.3 Å². The number of nitrogens with two attached hydrogens (primary N) is 3. The Morgan fingerprint density at radius 2 is 1.44 bits per heavy atom. The van der Waals surface area contributed by atoms with Crippen LogP contribution in [0.4, 0.5) is 0 Å². The molecule has 9 nitrogen and oxygen atoms in total. The zero-order chi connectivity index (χ0) is 21.0. The summed E-state index contributed by atoms with van der Waals surface area (Å²) >= 11 is 0. The summed E-state index contributed by atoms with van der Waals surface area (Å²) in [6, 6.07) is 6.49. The van der Waals surface area contributed by atoms with Crippen molar-refractivity contribution in [1.29, 1.82) is 0 Å². The molecular formula is C18H29N3O6. The minimum absolute atomic E-state index is 0.335. The van der Waals surface area contributed by atoms with Crippen LogP contribution in [0.3, 0.4) is 0 Å². The summed E-state index contributed by atoms with van der Waals surface area (Å²) in [6.45, 7) is 3.52. The highest BCUT2D eigenvalue weighted by molar-refractivity contribution is 5.77. The Morgan fingerprint density at radius 3 is 1.85 bits per heavy atom. The predicted molar refractivity (Wildman–Crippen MR) is 99.8 cm³/mol. The van der Waals surface area contributed by atoms with E-state index in [1.807, 2.05) is 44.2 Å². The van der Waals surface area contributed by atoms with E-state index in [0.29, 0.717) is 18.8 Å². The van der Waals surface area contributed by atoms with Gasteiger partial charge in [-0.05, 0) is 24.3 Å². The molecule has 0 aromatic heterocycles. The molecule has 0 amide bonds. The molecule has 0 saturated carbocycles. The van der Waals surface area contributed by atoms with Gasteiger partial charge in [0.15, 0.2) is 0 Å². The number of aliphatic carboxylic acids is 2. The second-order valence-corrected chi connectivity index (χ2v) is 6.45. The fourth-order valence-electron chi connectivity index (χ4n) is 1.91. The summed E-state index contributed by atoms with van der Waals surface area (Å²) in [4.78, 5) is 32.0. The van der Waals surface area contributed by atoms with Crippen LogP contribution in [0.5, 0.6) is 0 Å². The van der Waals surface area contributed by atoms with E-state index >= 15 is 0 Å². The van der Waals surface area contributed by atoms with Gasteiger partial charge in [-0.3, -0.25) is 14.4 Å². The number of carboxylic acids is 2. The van der Waals surface area contributed by atoms with Crippen LogP contribution in [0.15, 0.2) is 30.3 Å². The maximum Gasteiger partial charge on any atom is 0.324 e. The van der Waals surface area contributed by atoms with Crippen LogP contribution in [0.1, 0.15) is 25.8 Å². The van der Waals surface area contributed by atoms with Crippen LogP contribution in [0.25, 0.3) is 0 Å². The zero-order valence-electron chi connectivity index (χ0n) is 15.6. The largest absolute Gasteiger partial charge is 0.480 e. The Morgan fingerprint density at radius 1 is 0.926 bits per heavy atom. The average molecular weight is 383 g/mol. The van der Waals surface area contributed by atoms with Gasteiger partial charge in [0, 0.05) is 0 Å². The molecule has 27 heavy (non-hydrogen) atoms. The van der Waals surface area contributed by atoms with E-state index in [1.54, 1.807) is 0 Å². The number of rotatable bonds is 9. The van der Waals surface area contributed by atoms with E-state index < -0.39 is 36.0 Å². The predicted octanol–water partition coefficient (Wildman–Crippen LogP) is -0.0441. The molecule has 9 heteroatoms. The Balaban J connectivity index is 0.000000636. The number of esters is 1. The van der Waals surface area contributed by atoms with Gasteiger partial charge in [-0.25, -0.2) is 0 Å². The van der Waals surface area contributed by atoms with Crippen molar-refractivity contribution in [2.24, 2.45) is 23.1 Å². The molecule has 1 aromatic rings. The van der Waals surface area contributed by atoms with Crippen molar-refractivity contribution in [1.82, 2.24) is 0 Å². The molecule has 0 aliphatic heterocycles. The summed E-state index contributed by atoms with van der Waals surface area (Å²) in [5.41, 5.74) is 17.0. The molecule has 8 N–H and O–H groups in total. The molecule has 0 aliphatic rings. The highest BCUT2D eigenvalue weighted by atomic mass is 16.5. The van der Waals surface area contributed by atoms with E-state index in [4.69, 9.17) is 32.2 Å². The number of hydrogen-bond acceptors (Lipinski definition) is 7. The first-order valence-electron chi connectivity index (χ1n) is 8.47. The fraction of sp³-hybridized carbons (Fsp3) is 0.500. The van der Waals surface area contributed by atoms with Gasteiger partial charge in [-0.2, -0.15) is 0 Å². The number of carbonyl (C=O) groups excluding carboxylic acids is 1. The minimum Gasteiger partial charge on any atom is -0.480 e. The number of hydrogen-bond donors (Lipinski definition) is 5. The summed E-state index contributed by atoms with van der Waals surface area (Å²) in [7, 11) is 0. The van der Waals surface area contributed by atoms with E-state index in [2.05, 4.69) is 0 Å². The van der Waals surface area contributed by atoms with E-state index in [1.165, 1.54) is 0 Å². The molecule has 0 fully saturated rings. The molecule has 1 rings (SSSR count). The summed E-state index contributed by atoms with van der Waals surface area (Å²) in [5.74, 6) is -2.44. The van der Waals surface area contributed by atoms with Gasteiger partial charge in [0.2, 0.25) is 0 Å². The Kier molecular flexibility index (Phi) is 11.6. The van der Waals surface area contributed by atoms with Crippen LogP contribution in [-0.2, 0) is 25.5 Å². The second kappa shape index (κ2) is 12.8. The first-order valence-corrected chi connectivity index (χ1v) is 8.47.